The van der Waals surface area contributed by atoms with E-state index in [1.54, 1.807) is 12.1 Å². The van der Waals surface area contributed by atoms with Crippen LogP contribution in [0.25, 0.3) is 0 Å². The number of hydrogen-bond donors (Lipinski definition) is 0. The Morgan fingerprint density at radius 2 is 1.94 bits per heavy atom. The summed E-state index contributed by atoms with van der Waals surface area (Å²) in [6.07, 6.45) is 2.09. The normalized spacial score (nSPS) is 10.3. The van der Waals surface area contributed by atoms with E-state index < -0.39 is 5.97 Å². The van der Waals surface area contributed by atoms with Crippen molar-refractivity contribution in [3.8, 4) is 0 Å². The van der Waals surface area contributed by atoms with Gasteiger partial charge in [0.2, 0.25) is 0 Å². The highest BCUT2D eigenvalue weighted by Crippen LogP contribution is 2.08. The Balaban J connectivity index is 2.32. The van der Waals surface area contributed by atoms with Gasteiger partial charge in [0.05, 0.1) is 12.2 Å². The molecule has 1 aromatic carbocycles. The molecule has 0 spiro atoms. The molecule has 0 fully saturated rings. The molecule has 1 aromatic rings. The third kappa shape index (κ3) is 5.29. The van der Waals surface area contributed by atoms with Gasteiger partial charge in [0.25, 0.3) is 0 Å². The van der Waals surface area contributed by atoms with Crippen LogP contribution < -0.4 is 0 Å². The minimum atomic E-state index is -0.509. The maximum Gasteiger partial charge on any atom is 0.373 e. The SMILES string of the molecule is CCCc1ccc(C(=O)OO[CH]COCC)cc1. The van der Waals surface area contributed by atoms with Crippen LogP contribution in [0.4, 0.5) is 0 Å². The molecular weight excluding hydrogens is 232 g/mol. The fourth-order valence-corrected chi connectivity index (χ4v) is 1.42. The monoisotopic (exact) mass is 251 g/mol. The van der Waals surface area contributed by atoms with Gasteiger partial charge in [0.15, 0.2) is 6.61 Å². The Bertz CT molecular complexity index is 345. The highest BCUT2D eigenvalue weighted by Gasteiger charge is 2.08. The quantitative estimate of drug-likeness (QED) is 0.405. The number of rotatable bonds is 8. The van der Waals surface area contributed by atoms with Crippen molar-refractivity contribution < 1.29 is 19.3 Å². The maximum atomic E-state index is 11.5. The third-order valence-corrected chi connectivity index (χ3v) is 2.31. The fraction of sp³-hybridized carbons (Fsp3) is 0.429. The average molecular weight is 251 g/mol. The summed E-state index contributed by atoms with van der Waals surface area (Å²) in [5, 5.41) is 0. The predicted octanol–water partition coefficient (Wildman–Crippen LogP) is 2.93. The topological polar surface area (TPSA) is 44.8 Å². The van der Waals surface area contributed by atoms with Gasteiger partial charge in [-0.2, -0.15) is 4.89 Å². The second-order valence-corrected chi connectivity index (χ2v) is 3.74. The second-order valence-electron chi connectivity index (χ2n) is 3.74. The largest absolute Gasteiger partial charge is 0.379 e. The smallest absolute Gasteiger partial charge is 0.373 e. The third-order valence-electron chi connectivity index (χ3n) is 2.31. The fourth-order valence-electron chi connectivity index (χ4n) is 1.42. The average Bonchev–Trinajstić information content (AvgIpc) is 2.39. The van der Waals surface area contributed by atoms with Gasteiger partial charge in [0.1, 0.15) is 0 Å². The van der Waals surface area contributed by atoms with E-state index in [4.69, 9.17) is 4.74 Å². The lowest BCUT2D eigenvalue weighted by atomic mass is 10.1. The van der Waals surface area contributed by atoms with Crippen LogP contribution in [-0.4, -0.2) is 19.2 Å². The number of benzene rings is 1. The van der Waals surface area contributed by atoms with Gasteiger partial charge in [-0.05, 0) is 31.0 Å². The van der Waals surface area contributed by atoms with E-state index in [1.807, 2.05) is 19.1 Å². The van der Waals surface area contributed by atoms with Gasteiger partial charge in [-0.15, -0.1) is 0 Å². The maximum absolute atomic E-state index is 11.5. The molecule has 4 heteroatoms. The van der Waals surface area contributed by atoms with Gasteiger partial charge in [-0.3, -0.25) is 4.89 Å². The van der Waals surface area contributed by atoms with E-state index in [2.05, 4.69) is 16.7 Å². The van der Waals surface area contributed by atoms with Crippen LogP contribution in [0.3, 0.4) is 0 Å². The van der Waals surface area contributed by atoms with E-state index in [0.717, 1.165) is 12.8 Å². The van der Waals surface area contributed by atoms with Gasteiger partial charge in [-0.25, -0.2) is 4.79 Å². The number of ether oxygens (including phenoxy) is 1. The minimum absolute atomic E-state index is 0.291. The summed E-state index contributed by atoms with van der Waals surface area (Å²) in [4.78, 5) is 20.8. The van der Waals surface area contributed by atoms with E-state index in [-0.39, 0.29) is 0 Å². The molecule has 1 radical (unpaired) electrons. The van der Waals surface area contributed by atoms with E-state index in [0.29, 0.717) is 18.8 Å². The predicted molar refractivity (Wildman–Crippen MR) is 67.7 cm³/mol. The Kier molecular flexibility index (Phi) is 7.06. The van der Waals surface area contributed by atoms with Crippen LogP contribution >= 0.6 is 0 Å². The molecule has 1 rings (SSSR count). The molecule has 4 nitrogen and oxygen atoms in total. The van der Waals surface area contributed by atoms with Crippen molar-refractivity contribution in [1.29, 1.82) is 0 Å². The van der Waals surface area contributed by atoms with Gasteiger partial charge < -0.3 is 4.74 Å². The first-order valence-corrected chi connectivity index (χ1v) is 6.14. The zero-order chi connectivity index (χ0) is 13.2. The second kappa shape index (κ2) is 8.66. The van der Waals surface area contributed by atoms with Crippen LogP contribution in [0.15, 0.2) is 24.3 Å². The molecule has 0 N–H and O–H groups in total. The molecule has 0 amide bonds. The summed E-state index contributed by atoms with van der Waals surface area (Å²) < 4.78 is 4.99. The Morgan fingerprint density at radius 3 is 2.56 bits per heavy atom. The lowest BCUT2D eigenvalue weighted by Gasteiger charge is -2.04. The number of hydrogen-bond acceptors (Lipinski definition) is 4. The molecule has 0 unspecified atom stereocenters. The minimum Gasteiger partial charge on any atom is -0.379 e. The Labute approximate surface area is 108 Å². The molecule has 18 heavy (non-hydrogen) atoms. The zero-order valence-corrected chi connectivity index (χ0v) is 10.8. The van der Waals surface area contributed by atoms with Gasteiger partial charge in [-0.1, -0.05) is 25.5 Å². The van der Waals surface area contributed by atoms with E-state index in [1.165, 1.54) is 12.2 Å². The summed E-state index contributed by atoms with van der Waals surface area (Å²) in [6, 6.07) is 7.31. The van der Waals surface area contributed by atoms with Crippen molar-refractivity contribution in [1.82, 2.24) is 0 Å². The highest BCUT2D eigenvalue weighted by molar-refractivity contribution is 5.88. The lowest BCUT2D eigenvalue weighted by Crippen LogP contribution is -2.07. The molecule has 0 aliphatic carbocycles. The Hall–Kier alpha value is -1.39. The molecular formula is C14H19O4. The summed E-state index contributed by atoms with van der Waals surface area (Å²) in [7, 11) is 0. The molecule has 0 aliphatic heterocycles. The first kappa shape index (κ1) is 14.7. The summed E-state index contributed by atoms with van der Waals surface area (Å²) in [5.41, 5.74) is 1.68. The van der Waals surface area contributed by atoms with Crippen molar-refractivity contribution >= 4 is 5.97 Å². The standard InChI is InChI=1S/C14H19O4/c1-3-5-12-6-8-13(9-7-12)14(15)18-17-11-10-16-4-2/h6-9,11H,3-5,10H2,1-2H3. The van der Waals surface area contributed by atoms with E-state index >= 15 is 0 Å². The molecule has 99 valence electrons. The van der Waals surface area contributed by atoms with Crippen LogP contribution in [0.2, 0.25) is 0 Å². The molecule has 0 saturated heterocycles. The summed E-state index contributed by atoms with van der Waals surface area (Å²) in [5.74, 6) is -0.509. The number of carbonyl (C=O) groups excluding carboxylic acids is 1. The first-order valence-electron chi connectivity index (χ1n) is 6.14. The lowest BCUT2D eigenvalue weighted by molar-refractivity contribution is -0.218. The summed E-state index contributed by atoms with van der Waals surface area (Å²) >= 11 is 0. The summed E-state index contributed by atoms with van der Waals surface area (Å²) in [6.45, 7) is 6.17. The van der Waals surface area contributed by atoms with Crippen molar-refractivity contribution in [2.45, 2.75) is 26.7 Å². The molecule has 0 atom stereocenters. The van der Waals surface area contributed by atoms with E-state index in [9.17, 15) is 4.79 Å². The van der Waals surface area contributed by atoms with Crippen LogP contribution in [0.5, 0.6) is 0 Å². The van der Waals surface area contributed by atoms with Gasteiger partial charge >= 0.3 is 5.97 Å². The van der Waals surface area contributed by atoms with Crippen LogP contribution in [0.1, 0.15) is 36.2 Å². The molecule has 0 saturated carbocycles. The van der Waals surface area contributed by atoms with Crippen LogP contribution in [-0.2, 0) is 20.9 Å². The van der Waals surface area contributed by atoms with Crippen molar-refractivity contribution in [2.75, 3.05) is 13.2 Å². The van der Waals surface area contributed by atoms with Crippen molar-refractivity contribution in [3.05, 3.63) is 42.0 Å². The van der Waals surface area contributed by atoms with Crippen LogP contribution in [0, 0.1) is 6.61 Å². The molecule has 0 aliphatic rings. The Morgan fingerprint density at radius 1 is 1.22 bits per heavy atom. The van der Waals surface area contributed by atoms with Crippen molar-refractivity contribution in [3.63, 3.8) is 0 Å². The van der Waals surface area contributed by atoms with Crippen molar-refractivity contribution in [2.24, 2.45) is 0 Å². The molecule has 0 aromatic heterocycles. The first-order chi connectivity index (χ1) is 8.77. The van der Waals surface area contributed by atoms with Gasteiger partial charge in [0, 0.05) is 6.61 Å². The molecule has 0 bridgehead atoms. The highest BCUT2D eigenvalue weighted by atomic mass is 17.2. The number of aryl methyl sites for hydroxylation is 1. The zero-order valence-electron chi connectivity index (χ0n) is 10.8. The molecule has 0 heterocycles. The number of carbonyl (C=O) groups is 1.